The summed E-state index contributed by atoms with van der Waals surface area (Å²) in [6, 6.07) is 13.5. The number of piperidine rings is 1. The number of nitriles is 1. The maximum atomic E-state index is 14.3. The average molecular weight is 406 g/mol. The molecular weight excluding hydrogens is 383 g/mol. The summed E-state index contributed by atoms with van der Waals surface area (Å²) >= 11 is 0. The Morgan fingerprint density at radius 1 is 1.23 bits per heavy atom. The van der Waals surface area contributed by atoms with Crippen molar-refractivity contribution in [2.24, 2.45) is 4.99 Å². The summed E-state index contributed by atoms with van der Waals surface area (Å²) in [5.41, 5.74) is 2.36. The third-order valence-corrected chi connectivity index (χ3v) is 4.96. The molecule has 154 valence electrons. The number of carbonyl (C=O) groups excluding carboxylic acids is 1. The lowest BCUT2D eigenvalue weighted by molar-refractivity contribution is -0.103. The standard InChI is InChI=1S/C23H23FN4O2/c1-30-22-7-6-18(12-21(22)24)20(14-29)23(17-4-2-16(13-25)3-5-17)28-15-27-19-8-10-26-11-9-19/h2-7,12,14-15,19,26H,8-11H2,1H3,(H,27,28)/b23-20+. The number of carbonyl (C=O) groups is 1. The van der Waals surface area contributed by atoms with Crippen LogP contribution in [-0.4, -0.2) is 38.9 Å². The van der Waals surface area contributed by atoms with Crippen molar-refractivity contribution in [1.29, 1.82) is 5.26 Å². The van der Waals surface area contributed by atoms with Crippen molar-refractivity contribution in [1.82, 2.24) is 10.6 Å². The fourth-order valence-corrected chi connectivity index (χ4v) is 3.30. The van der Waals surface area contributed by atoms with Gasteiger partial charge in [0.1, 0.15) is 0 Å². The number of ether oxygens (including phenoxy) is 1. The second kappa shape index (κ2) is 10.3. The third-order valence-electron chi connectivity index (χ3n) is 4.96. The highest BCUT2D eigenvalue weighted by molar-refractivity contribution is 6.17. The lowest BCUT2D eigenvalue weighted by Gasteiger charge is -2.19. The van der Waals surface area contributed by atoms with Gasteiger partial charge >= 0.3 is 0 Å². The summed E-state index contributed by atoms with van der Waals surface area (Å²) < 4.78 is 19.2. The number of allylic oxidation sites excluding steroid dienone is 1. The Kier molecular flexibility index (Phi) is 7.30. The molecule has 7 heteroatoms. The molecule has 1 saturated heterocycles. The van der Waals surface area contributed by atoms with E-state index in [2.05, 4.69) is 21.7 Å². The van der Waals surface area contributed by atoms with Crippen LogP contribution in [0.15, 0.2) is 47.5 Å². The molecule has 0 radical (unpaired) electrons. The van der Waals surface area contributed by atoms with E-state index < -0.39 is 5.82 Å². The maximum Gasteiger partial charge on any atom is 0.165 e. The summed E-state index contributed by atoms with van der Waals surface area (Å²) in [6.07, 6.45) is 4.16. The summed E-state index contributed by atoms with van der Waals surface area (Å²) in [6.45, 7) is 1.84. The zero-order chi connectivity index (χ0) is 21.3. The van der Waals surface area contributed by atoms with Crippen LogP contribution in [0.5, 0.6) is 5.75 Å². The first kappa shape index (κ1) is 21.2. The smallest absolute Gasteiger partial charge is 0.165 e. The molecule has 0 aromatic heterocycles. The highest BCUT2D eigenvalue weighted by atomic mass is 19.1. The summed E-state index contributed by atoms with van der Waals surface area (Å²) in [4.78, 5) is 16.6. The van der Waals surface area contributed by atoms with E-state index in [1.807, 2.05) is 0 Å². The number of nitrogens with one attached hydrogen (secondary N) is 2. The van der Waals surface area contributed by atoms with Crippen molar-refractivity contribution in [2.45, 2.75) is 18.9 Å². The van der Waals surface area contributed by atoms with E-state index in [1.165, 1.54) is 19.2 Å². The molecule has 2 N–H and O–H groups in total. The van der Waals surface area contributed by atoms with E-state index in [-0.39, 0.29) is 17.4 Å². The monoisotopic (exact) mass is 406 g/mol. The minimum atomic E-state index is -0.558. The quantitative estimate of drug-likeness (QED) is 0.243. The van der Waals surface area contributed by atoms with Crippen molar-refractivity contribution >= 4 is 23.9 Å². The zero-order valence-corrected chi connectivity index (χ0v) is 16.7. The number of halogens is 1. The first-order valence-corrected chi connectivity index (χ1v) is 9.69. The number of methoxy groups -OCH3 is 1. The molecule has 6 nitrogen and oxygen atoms in total. The van der Waals surface area contributed by atoms with Crippen LogP contribution in [-0.2, 0) is 4.79 Å². The third kappa shape index (κ3) is 5.10. The first-order chi connectivity index (χ1) is 14.7. The van der Waals surface area contributed by atoms with Crippen molar-refractivity contribution < 1.29 is 13.9 Å². The summed E-state index contributed by atoms with van der Waals surface area (Å²) in [7, 11) is 1.38. The van der Waals surface area contributed by atoms with Crippen LogP contribution in [0.4, 0.5) is 4.39 Å². The van der Waals surface area contributed by atoms with Crippen LogP contribution in [0.2, 0.25) is 0 Å². The number of rotatable bonds is 7. The highest BCUT2D eigenvalue weighted by Crippen LogP contribution is 2.27. The van der Waals surface area contributed by atoms with Gasteiger partial charge in [0.25, 0.3) is 0 Å². The molecule has 2 aromatic carbocycles. The number of hydrogen-bond donors (Lipinski definition) is 2. The lowest BCUT2D eigenvalue weighted by Crippen LogP contribution is -2.30. The molecule has 0 amide bonds. The Morgan fingerprint density at radius 3 is 2.53 bits per heavy atom. The molecule has 1 aliphatic heterocycles. The maximum absolute atomic E-state index is 14.3. The average Bonchev–Trinajstić information content (AvgIpc) is 2.79. The number of nitrogens with zero attached hydrogens (tertiary/aromatic N) is 2. The van der Waals surface area contributed by atoms with Gasteiger partial charge in [-0.3, -0.25) is 9.79 Å². The van der Waals surface area contributed by atoms with Crippen LogP contribution < -0.4 is 15.4 Å². The molecule has 3 rings (SSSR count). The number of aliphatic imine (C=N–C) groups is 1. The largest absolute Gasteiger partial charge is 0.494 e. The normalized spacial score (nSPS) is 15.4. The topological polar surface area (TPSA) is 86.5 Å². The van der Waals surface area contributed by atoms with Gasteiger partial charge in [0, 0.05) is 5.57 Å². The first-order valence-electron chi connectivity index (χ1n) is 9.69. The number of benzene rings is 2. The molecule has 0 atom stereocenters. The molecule has 1 aliphatic rings. The highest BCUT2D eigenvalue weighted by Gasteiger charge is 2.15. The molecule has 0 spiro atoms. The molecule has 1 fully saturated rings. The molecule has 0 bridgehead atoms. The van der Waals surface area contributed by atoms with Gasteiger partial charge in [-0.2, -0.15) is 5.26 Å². The molecule has 0 saturated carbocycles. The number of hydrogen-bond acceptors (Lipinski definition) is 5. The van der Waals surface area contributed by atoms with Gasteiger partial charge < -0.3 is 15.4 Å². The van der Waals surface area contributed by atoms with Crippen LogP contribution in [0.1, 0.15) is 29.5 Å². The molecule has 0 aliphatic carbocycles. The molecule has 1 heterocycles. The Morgan fingerprint density at radius 2 is 1.93 bits per heavy atom. The molecule has 30 heavy (non-hydrogen) atoms. The van der Waals surface area contributed by atoms with Crippen molar-refractivity contribution in [3.63, 3.8) is 0 Å². The van der Waals surface area contributed by atoms with Crippen LogP contribution in [0, 0.1) is 17.1 Å². The summed E-state index contributed by atoms with van der Waals surface area (Å²) in [5.74, 6) is -0.457. The Bertz CT molecular complexity index is 987. The zero-order valence-electron chi connectivity index (χ0n) is 16.7. The van der Waals surface area contributed by atoms with Crippen LogP contribution >= 0.6 is 0 Å². The van der Waals surface area contributed by atoms with E-state index in [4.69, 9.17) is 10.00 Å². The van der Waals surface area contributed by atoms with Crippen LogP contribution in [0.3, 0.4) is 0 Å². The molecule has 2 aromatic rings. The predicted octanol–water partition coefficient (Wildman–Crippen LogP) is 3.14. The van der Waals surface area contributed by atoms with Crippen molar-refractivity contribution in [3.8, 4) is 11.8 Å². The van der Waals surface area contributed by atoms with Gasteiger partial charge in [0.05, 0.1) is 36.8 Å². The van der Waals surface area contributed by atoms with Gasteiger partial charge in [-0.1, -0.05) is 18.2 Å². The van der Waals surface area contributed by atoms with Crippen molar-refractivity contribution in [2.75, 3.05) is 20.2 Å². The predicted molar refractivity (Wildman–Crippen MR) is 115 cm³/mol. The van der Waals surface area contributed by atoms with Gasteiger partial charge in [-0.15, -0.1) is 0 Å². The second-order valence-electron chi connectivity index (χ2n) is 6.85. The van der Waals surface area contributed by atoms with E-state index in [0.717, 1.165) is 25.9 Å². The van der Waals surface area contributed by atoms with E-state index in [0.29, 0.717) is 28.7 Å². The fourth-order valence-electron chi connectivity index (χ4n) is 3.30. The van der Waals surface area contributed by atoms with Gasteiger partial charge in [0.15, 0.2) is 17.9 Å². The second-order valence-corrected chi connectivity index (χ2v) is 6.85. The lowest BCUT2D eigenvalue weighted by atomic mass is 9.99. The van der Waals surface area contributed by atoms with Crippen molar-refractivity contribution in [3.05, 3.63) is 65.0 Å². The fraction of sp³-hybridized carbons (Fsp3) is 0.261. The van der Waals surface area contributed by atoms with Gasteiger partial charge in [0.2, 0.25) is 0 Å². The Labute approximate surface area is 175 Å². The molecular formula is C23H23FN4O2. The van der Waals surface area contributed by atoms with E-state index >= 15 is 0 Å². The Balaban J connectivity index is 2.00. The minimum absolute atomic E-state index is 0.101. The van der Waals surface area contributed by atoms with Crippen LogP contribution in [0.25, 0.3) is 11.3 Å². The molecule has 0 unspecified atom stereocenters. The van der Waals surface area contributed by atoms with E-state index in [9.17, 15) is 9.18 Å². The van der Waals surface area contributed by atoms with Gasteiger partial charge in [-0.05, 0) is 61.3 Å². The van der Waals surface area contributed by atoms with E-state index in [1.54, 1.807) is 36.7 Å². The summed E-state index contributed by atoms with van der Waals surface area (Å²) in [5, 5.41) is 15.5. The Hall–Kier alpha value is -3.50. The van der Waals surface area contributed by atoms with Gasteiger partial charge in [-0.25, -0.2) is 4.39 Å². The minimum Gasteiger partial charge on any atom is -0.494 e. The number of aldehydes is 1. The SMILES string of the molecule is COc1ccc(/C(C=O)=C(/NC=NC2CCNCC2)c2ccc(C#N)cc2)cc1F.